The van der Waals surface area contributed by atoms with Crippen LogP contribution in [0.5, 0.6) is 5.75 Å². The maximum absolute atomic E-state index is 9.98. The van der Waals surface area contributed by atoms with Crippen LogP contribution in [0.1, 0.15) is 28.7 Å². The molecule has 0 radical (unpaired) electrons. The molecule has 34 heavy (non-hydrogen) atoms. The summed E-state index contributed by atoms with van der Waals surface area (Å²) in [6, 6.07) is 9.21. The van der Waals surface area contributed by atoms with Crippen LogP contribution >= 0.6 is 0 Å². The fraction of sp³-hybridized carbons (Fsp3) is 0.391. The van der Waals surface area contributed by atoms with Gasteiger partial charge < -0.3 is 29.5 Å². The van der Waals surface area contributed by atoms with Crippen LogP contribution in [0.4, 0.5) is 5.69 Å². The highest BCUT2D eigenvalue weighted by atomic mass is 16.7. The van der Waals surface area contributed by atoms with Gasteiger partial charge in [-0.05, 0) is 23.8 Å². The first-order chi connectivity index (χ1) is 16.7. The molecule has 2 N–H and O–H groups in total. The van der Waals surface area contributed by atoms with Crippen LogP contribution in [-0.4, -0.2) is 76.0 Å². The van der Waals surface area contributed by atoms with E-state index in [-0.39, 0.29) is 18.7 Å². The quantitative estimate of drug-likeness (QED) is 0.397. The normalized spacial score (nSPS) is 17.7. The largest absolute Gasteiger partial charge is 0.508 e. The Bertz CT molecular complexity index is 1160. The number of nitrogens with one attached hydrogen (secondary N) is 1. The summed E-state index contributed by atoms with van der Waals surface area (Å²) in [5.74, 6) is 1.03. The predicted octanol–water partition coefficient (Wildman–Crippen LogP) is 1.75. The third-order valence-corrected chi connectivity index (χ3v) is 5.58. The minimum absolute atomic E-state index is 0.205. The van der Waals surface area contributed by atoms with Crippen LogP contribution in [0.2, 0.25) is 0 Å². The molecule has 0 amide bonds. The lowest BCUT2D eigenvalue weighted by Gasteiger charge is -2.34. The molecular formula is C23H27N7O4. The summed E-state index contributed by atoms with van der Waals surface area (Å²) < 4.78 is 17.5. The Kier molecular flexibility index (Phi) is 6.65. The molecule has 1 fully saturated rings. The van der Waals surface area contributed by atoms with Gasteiger partial charge in [0.15, 0.2) is 5.84 Å². The number of fused-ring (bicyclic) bond motifs is 1. The number of aromatic nitrogens is 4. The topological polar surface area (TPSA) is 119 Å². The van der Waals surface area contributed by atoms with Gasteiger partial charge in [0, 0.05) is 32.0 Å². The number of aliphatic imine (C=N–C) groups is 1. The molecule has 4 heterocycles. The standard InChI is InChI=1S/C23H27N7O4/c1-32-15-34-14-18-13-30(28-27-18)12-16-9-20-21(24-11-16)23(29-5-7-33-8-6-29)26-22(25-20)17-3-2-4-19(31)10-17/h2-4,9-11,13,22,25,31H,5-8,12,14-15H2,1H3. The molecule has 0 aliphatic carbocycles. The van der Waals surface area contributed by atoms with E-state index in [1.54, 1.807) is 23.9 Å². The number of benzene rings is 1. The molecule has 1 saturated heterocycles. The van der Waals surface area contributed by atoms with Crippen molar-refractivity contribution in [1.29, 1.82) is 0 Å². The molecule has 0 saturated carbocycles. The third kappa shape index (κ3) is 5.01. The number of phenols is 1. The Morgan fingerprint density at radius 2 is 2.12 bits per heavy atom. The Morgan fingerprint density at radius 1 is 1.24 bits per heavy atom. The number of phenolic OH excluding ortho intramolecular Hbond substituents is 1. The fourth-order valence-electron chi connectivity index (χ4n) is 4.00. The van der Waals surface area contributed by atoms with E-state index in [1.807, 2.05) is 24.5 Å². The molecule has 0 bridgehead atoms. The second-order valence-corrected chi connectivity index (χ2v) is 8.10. The first kappa shape index (κ1) is 22.3. The molecule has 2 aromatic heterocycles. The van der Waals surface area contributed by atoms with Crippen LogP contribution in [0.3, 0.4) is 0 Å². The van der Waals surface area contributed by atoms with Gasteiger partial charge in [0.1, 0.15) is 30.1 Å². The second kappa shape index (κ2) is 10.2. The van der Waals surface area contributed by atoms with E-state index in [0.717, 1.165) is 47.1 Å². The molecule has 178 valence electrons. The van der Waals surface area contributed by atoms with Gasteiger partial charge in [0.2, 0.25) is 0 Å². The highest BCUT2D eigenvalue weighted by Gasteiger charge is 2.28. The van der Waals surface area contributed by atoms with E-state index in [4.69, 9.17) is 24.2 Å². The summed E-state index contributed by atoms with van der Waals surface area (Å²) in [4.78, 5) is 11.9. The van der Waals surface area contributed by atoms with Crippen molar-refractivity contribution in [3.8, 4) is 5.75 Å². The first-order valence-electron chi connectivity index (χ1n) is 11.1. The zero-order valence-electron chi connectivity index (χ0n) is 18.9. The summed E-state index contributed by atoms with van der Waals surface area (Å²) in [6.45, 7) is 3.87. The highest BCUT2D eigenvalue weighted by molar-refractivity contribution is 6.03. The number of hydrogen-bond acceptors (Lipinski definition) is 10. The van der Waals surface area contributed by atoms with Crippen molar-refractivity contribution in [2.75, 3.05) is 45.5 Å². The van der Waals surface area contributed by atoms with Crippen LogP contribution in [-0.2, 0) is 27.4 Å². The summed E-state index contributed by atoms with van der Waals surface area (Å²) in [5.41, 5.74) is 4.25. The number of methoxy groups -OCH3 is 1. The Balaban J connectivity index is 1.40. The number of amidine groups is 1. The number of anilines is 1. The lowest BCUT2D eigenvalue weighted by atomic mass is 10.1. The van der Waals surface area contributed by atoms with E-state index < -0.39 is 0 Å². The predicted molar refractivity (Wildman–Crippen MR) is 123 cm³/mol. The molecule has 11 heteroatoms. The average molecular weight is 466 g/mol. The van der Waals surface area contributed by atoms with Crippen molar-refractivity contribution in [1.82, 2.24) is 24.9 Å². The average Bonchev–Trinajstić information content (AvgIpc) is 3.31. The summed E-state index contributed by atoms with van der Waals surface area (Å²) in [6.07, 6.45) is 3.34. The molecule has 0 spiro atoms. The summed E-state index contributed by atoms with van der Waals surface area (Å²) >= 11 is 0. The van der Waals surface area contributed by atoms with Crippen molar-refractivity contribution in [3.63, 3.8) is 0 Å². The second-order valence-electron chi connectivity index (χ2n) is 8.10. The lowest BCUT2D eigenvalue weighted by Crippen LogP contribution is -2.43. The molecule has 1 aromatic carbocycles. The third-order valence-electron chi connectivity index (χ3n) is 5.58. The number of nitrogens with zero attached hydrogens (tertiary/aromatic N) is 6. The molecule has 1 unspecified atom stereocenters. The van der Waals surface area contributed by atoms with E-state index in [1.165, 1.54) is 0 Å². The SMILES string of the molecule is COCOCc1cn(Cc2cnc3c(c2)NC(c2cccc(O)c2)N=C3N2CCOCC2)nn1. The van der Waals surface area contributed by atoms with E-state index in [2.05, 4.69) is 26.6 Å². The number of pyridine rings is 1. The van der Waals surface area contributed by atoms with Crippen LogP contribution in [0, 0.1) is 0 Å². The zero-order valence-corrected chi connectivity index (χ0v) is 18.9. The molecule has 5 rings (SSSR count). The minimum atomic E-state index is -0.342. The monoisotopic (exact) mass is 465 g/mol. The van der Waals surface area contributed by atoms with Crippen molar-refractivity contribution in [2.24, 2.45) is 4.99 Å². The number of aromatic hydroxyl groups is 1. The van der Waals surface area contributed by atoms with Gasteiger partial charge in [-0.3, -0.25) is 4.98 Å². The lowest BCUT2D eigenvalue weighted by molar-refractivity contribution is -0.0401. The molecule has 11 nitrogen and oxygen atoms in total. The molecular weight excluding hydrogens is 438 g/mol. The molecule has 2 aliphatic heterocycles. The molecule has 1 atom stereocenters. The first-order valence-corrected chi connectivity index (χ1v) is 11.1. The smallest absolute Gasteiger partial charge is 0.154 e. The van der Waals surface area contributed by atoms with Gasteiger partial charge in [0.05, 0.1) is 38.2 Å². The van der Waals surface area contributed by atoms with Crippen molar-refractivity contribution >= 4 is 11.5 Å². The molecule has 3 aromatic rings. The van der Waals surface area contributed by atoms with Crippen molar-refractivity contribution in [3.05, 3.63) is 65.2 Å². The van der Waals surface area contributed by atoms with Gasteiger partial charge in [-0.2, -0.15) is 0 Å². The maximum Gasteiger partial charge on any atom is 0.154 e. The van der Waals surface area contributed by atoms with Crippen LogP contribution in [0.15, 0.2) is 47.7 Å². The van der Waals surface area contributed by atoms with Crippen molar-refractivity contribution < 1.29 is 19.3 Å². The Labute approximate surface area is 197 Å². The van der Waals surface area contributed by atoms with Crippen molar-refractivity contribution in [2.45, 2.75) is 19.3 Å². The van der Waals surface area contributed by atoms with Gasteiger partial charge in [-0.25, -0.2) is 9.67 Å². The van der Waals surface area contributed by atoms with Gasteiger partial charge in [-0.15, -0.1) is 5.10 Å². The van der Waals surface area contributed by atoms with Gasteiger partial charge >= 0.3 is 0 Å². The number of morpholine rings is 1. The van der Waals surface area contributed by atoms with E-state index in [9.17, 15) is 5.11 Å². The Hall–Kier alpha value is -3.54. The summed E-state index contributed by atoms with van der Waals surface area (Å²) in [5, 5.41) is 21.8. The Morgan fingerprint density at radius 3 is 2.94 bits per heavy atom. The maximum atomic E-state index is 9.98. The fourth-order valence-corrected chi connectivity index (χ4v) is 4.00. The summed E-state index contributed by atoms with van der Waals surface area (Å²) in [7, 11) is 1.58. The number of rotatable bonds is 7. The number of hydrogen-bond donors (Lipinski definition) is 2. The van der Waals surface area contributed by atoms with E-state index >= 15 is 0 Å². The van der Waals surface area contributed by atoms with Gasteiger partial charge in [-0.1, -0.05) is 17.3 Å². The number of ether oxygens (including phenoxy) is 3. The minimum Gasteiger partial charge on any atom is -0.508 e. The van der Waals surface area contributed by atoms with E-state index in [0.29, 0.717) is 26.4 Å². The zero-order chi connectivity index (χ0) is 23.3. The highest BCUT2D eigenvalue weighted by Crippen LogP contribution is 2.32. The molecule has 2 aliphatic rings. The van der Waals surface area contributed by atoms with Crippen LogP contribution < -0.4 is 5.32 Å². The van der Waals surface area contributed by atoms with Gasteiger partial charge in [0.25, 0.3) is 0 Å². The van der Waals surface area contributed by atoms with Crippen LogP contribution in [0.25, 0.3) is 0 Å².